The molecule has 7 nitrogen and oxygen atoms in total. The molecule has 27 heavy (non-hydrogen) atoms. The first kappa shape index (κ1) is 19.0. The molecule has 3 aromatic rings. The Bertz CT molecular complexity index is 833. The van der Waals surface area contributed by atoms with Crippen molar-refractivity contribution in [3.63, 3.8) is 0 Å². The zero-order valence-electron chi connectivity index (χ0n) is 15.6. The summed E-state index contributed by atoms with van der Waals surface area (Å²) in [7, 11) is 0. The first-order chi connectivity index (χ1) is 13.1. The van der Waals surface area contributed by atoms with E-state index in [-0.39, 0.29) is 12.1 Å². The third kappa shape index (κ3) is 5.62. The molecule has 0 saturated heterocycles. The number of urea groups is 1. The number of nitrogens with zero attached hydrogens (tertiary/aromatic N) is 5. The van der Waals surface area contributed by atoms with Crippen molar-refractivity contribution < 1.29 is 4.79 Å². The molecular weight excluding hydrogens is 360 g/mol. The van der Waals surface area contributed by atoms with Crippen LogP contribution in [0.15, 0.2) is 48.6 Å². The van der Waals surface area contributed by atoms with Gasteiger partial charge in [0.05, 0.1) is 12.4 Å². The van der Waals surface area contributed by atoms with E-state index in [0.29, 0.717) is 13.1 Å². The molecule has 2 amide bonds. The molecule has 8 heteroatoms. The number of nitrogens with one attached hydrogen (secondary N) is 1. The fraction of sp³-hybridized carbons (Fsp3) is 0.368. The first-order valence-corrected chi connectivity index (χ1v) is 9.82. The second-order valence-corrected chi connectivity index (χ2v) is 7.32. The average Bonchev–Trinajstić information content (AvgIpc) is 3.33. The summed E-state index contributed by atoms with van der Waals surface area (Å²) < 4.78 is 2.02. The standard InChI is InChI=1S/C19H24N6OS/c1-15-13-27-18(22-15)16(2)23-19(26)25(12-17-5-3-6-20-11-17)9-4-8-24-10-7-21-14-24/h3,5-7,10-11,13-14,16H,4,8-9,12H2,1-2H3,(H,23,26)/t16-/m1/s1. The van der Waals surface area contributed by atoms with Crippen molar-refractivity contribution in [3.05, 3.63) is 64.9 Å². The van der Waals surface area contributed by atoms with Crippen molar-refractivity contribution >= 4 is 17.4 Å². The van der Waals surface area contributed by atoms with Crippen LogP contribution < -0.4 is 5.32 Å². The maximum Gasteiger partial charge on any atom is 0.318 e. The van der Waals surface area contributed by atoms with Crippen LogP contribution >= 0.6 is 11.3 Å². The molecule has 0 radical (unpaired) electrons. The monoisotopic (exact) mass is 384 g/mol. The number of carbonyl (C=O) groups excluding carboxylic acids is 1. The third-order valence-electron chi connectivity index (χ3n) is 4.13. The van der Waals surface area contributed by atoms with Crippen LogP contribution in [0, 0.1) is 6.92 Å². The Hall–Kier alpha value is -2.74. The summed E-state index contributed by atoms with van der Waals surface area (Å²) >= 11 is 1.57. The highest BCUT2D eigenvalue weighted by Gasteiger charge is 2.18. The van der Waals surface area contributed by atoms with E-state index in [4.69, 9.17) is 0 Å². The molecule has 1 N–H and O–H groups in total. The summed E-state index contributed by atoms with van der Waals surface area (Å²) in [4.78, 5) is 27.4. The molecule has 0 fully saturated rings. The molecule has 0 spiro atoms. The van der Waals surface area contributed by atoms with E-state index in [1.807, 2.05) is 47.0 Å². The van der Waals surface area contributed by atoms with E-state index in [2.05, 4.69) is 20.3 Å². The minimum absolute atomic E-state index is 0.0927. The van der Waals surface area contributed by atoms with Crippen LogP contribution in [0.1, 0.15) is 35.7 Å². The molecule has 0 aromatic carbocycles. The van der Waals surface area contributed by atoms with E-state index in [9.17, 15) is 4.79 Å². The van der Waals surface area contributed by atoms with Gasteiger partial charge in [0.25, 0.3) is 0 Å². The van der Waals surface area contributed by atoms with Gasteiger partial charge in [0.15, 0.2) is 0 Å². The molecule has 3 aromatic heterocycles. The van der Waals surface area contributed by atoms with Gasteiger partial charge in [-0.1, -0.05) is 6.07 Å². The van der Waals surface area contributed by atoms with Gasteiger partial charge in [-0.05, 0) is 31.9 Å². The van der Waals surface area contributed by atoms with Crippen molar-refractivity contribution in [2.45, 2.75) is 39.4 Å². The minimum Gasteiger partial charge on any atom is -0.337 e. The molecule has 0 bridgehead atoms. The van der Waals surface area contributed by atoms with Crippen LogP contribution in [0.3, 0.4) is 0 Å². The highest BCUT2D eigenvalue weighted by Crippen LogP contribution is 2.18. The van der Waals surface area contributed by atoms with E-state index < -0.39 is 0 Å². The van der Waals surface area contributed by atoms with Crippen molar-refractivity contribution in [2.24, 2.45) is 0 Å². The highest BCUT2D eigenvalue weighted by molar-refractivity contribution is 7.09. The second-order valence-electron chi connectivity index (χ2n) is 6.44. The van der Waals surface area contributed by atoms with Crippen LogP contribution in [0.5, 0.6) is 0 Å². The number of carbonyl (C=O) groups is 1. The van der Waals surface area contributed by atoms with E-state index >= 15 is 0 Å². The number of amides is 2. The first-order valence-electron chi connectivity index (χ1n) is 8.94. The van der Waals surface area contributed by atoms with Crippen molar-refractivity contribution in [1.82, 2.24) is 29.7 Å². The van der Waals surface area contributed by atoms with Gasteiger partial charge in [-0.3, -0.25) is 4.98 Å². The second kappa shape index (κ2) is 9.27. The Morgan fingerprint density at radius 3 is 2.93 bits per heavy atom. The van der Waals surface area contributed by atoms with Crippen LogP contribution in [0.25, 0.3) is 0 Å². The third-order valence-corrected chi connectivity index (χ3v) is 5.28. The van der Waals surface area contributed by atoms with Crippen LogP contribution in [0.4, 0.5) is 4.79 Å². The van der Waals surface area contributed by atoms with Gasteiger partial charge in [-0.15, -0.1) is 11.3 Å². The van der Waals surface area contributed by atoms with Crippen LogP contribution in [-0.2, 0) is 13.1 Å². The summed E-state index contributed by atoms with van der Waals surface area (Å²) in [6.07, 6.45) is 9.85. The number of hydrogen-bond acceptors (Lipinski definition) is 5. The molecule has 1 atom stereocenters. The van der Waals surface area contributed by atoms with E-state index in [1.165, 1.54) is 0 Å². The van der Waals surface area contributed by atoms with Gasteiger partial charge in [0.2, 0.25) is 0 Å². The van der Waals surface area contributed by atoms with Crippen LogP contribution in [-0.4, -0.2) is 37.0 Å². The van der Waals surface area contributed by atoms with Gasteiger partial charge >= 0.3 is 6.03 Å². The Morgan fingerprint density at radius 2 is 2.26 bits per heavy atom. The molecule has 0 aliphatic carbocycles. The summed E-state index contributed by atoms with van der Waals surface area (Å²) in [6.45, 7) is 5.90. The van der Waals surface area contributed by atoms with E-state index in [1.54, 1.807) is 36.3 Å². The maximum atomic E-state index is 12.9. The number of pyridine rings is 1. The van der Waals surface area contributed by atoms with Gasteiger partial charge in [-0.2, -0.15) is 0 Å². The Labute approximate surface area is 163 Å². The SMILES string of the molecule is Cc1csc([C@@H](C)NC(=O)N(CCCn2ccnc2)Cc2cccnc2)n1. The van der Waals surface area contributed by atoms with Crippen molar-refractivity contribution in [3.8, 4) is 0 Å². The maximum absolute atomic E-state index is 12.9. The predicted molar refractivity (Wildman–Crippen MR) is 105 cm³/mol. The number of rotatable bonds is 8. The zero-order valence-corrected chi connectivity index (χ0v) is 16.4. The molecule has 3 heterocycles. The van der Waals surface area contributed by atoms with Gasteiger partial charge in [0.1, 0.15) is 5.01 Å². The Morgan fingerprint density at radius 1 is 1.37 bits per heavy atom. The molecule has 142 valence electrons. The lowest BCUT2D eigenvalue weighted by molar-refractivity contribution is 0.190. The van der Waals surface area contributed by atoms with Gasteiger partial charge < -0.3 is 14.8 Å². The molecule has 0 unspecified atom stereocenters. The van der Waals surface area contributed by atoms with Crippen molar-refractivity contribution in [2.75, 3.05) is 6.54 Å². The normalized spacial score (nSPS) is 11.9. The number of aromatic nitrogens is 4. The Balaban J connectivity index is 1.62. The fourth-order valence-electron chi connectivity index (χ4n) is 2.74. The van der Waals surface area contributed by atoms with Crippen LogP contribution in [0.2, 0.25) is 0 Å². The molecular formula is C19H24N6OS. The summed E-state index contributed by atoms with van der Waals surface area (Å²) in [5.74, 6) is 0. The molecule has 3 rings (SSSR count). The lowest BCUT2D eigenvalue weighted by Gasteiger charge is -2.25. The zero-order chi connectivity index (χ0) is 19.1. The molecule has 0 saturated carbocycles. The lowest BCUT2D eigenvalue weighted by Crippen LogP contribution is -2.41. The largest absolute Gasteiger partial charge is 0.337 e. The topological polar surface area (TPSA) is 75.9 Å². The minimum atomic E-state index is -0.124. The summed E-state index contributed by atoms with van der Waals surface area (Å²) in [5.41, 5.74) is 1.98. The smallest absolute Gasteiger partial charge is 0.318 e. The van der Waals surface area contributed by atoms with Gasteiger partial charge in [-0.25, -0.2) is 14.8 Å². The average molecular weight is 385 g/mol. The summed E-state index contributed by atoms with van der Waals surface area (Å²) in [6, 6.07) is 3.65. The van der Waals surface area contributed by atoms with E-state index in [0.717, 1.165) is 29.2 Å². The van der Waals surface area contributed by atoms with Gasteiger partial charge in [0, 0.05) is 55.5 Å². The number of hydrogen-bond donors (Lipinski definition) is 1. The molecule has 0 aliphatic rings. The number of thiazole rings is 1. The predicted octanol–water partition coefficient (Wildman–Crippen LogP) is 3.41. The van der Waals surface area contributed by atoms with Crippen molar-refractivity contribution in [1.29, 1.82) is 0 Å². The lowest BCUT2D eigenvalue weighted by atomic mass is 10.2. The number of aryl methyl sites for hydroxylation is 2. The highest BCUT2D eigenvalue weighted by atomic mass is 32.1. The molecule has 0 aliphatic heterocycles. The summed E-state index contributed by atoms with van der Waals surface area (Å²) in [5, 5.41) is 5.98. The number of imidazole rings is 1. The fourth-order valence-corrected chi connectivity index (χ4v) is 3.54. The quantitative estimate of drug-likeness (QED) is 0.646. The Kier molecular flexibility index (Phi) is 6.54.